The van der Waals surface area contributed by atoms with E-state index < -0.39 is 23.2 Å². The number of halogens is 3. The van der Waals surface area contributed by atoms with Gasteiger partial charge in [0, 0.05) is 31.2 Å². The zero-order valence-corrected chi connectivity index (χ0v) is 22.5. The maximum absolute atomic E-state index is 13.5. The summed E-state index contributed by atoms with van der Waals surface area (Å²) in [6, 6.07) is 2.90. The first kappa shape index (κ1) is 28.4. The Balaban J connectivity index is 2.00. The van der Waals surface area contributed by atoms with Crippen LogP contribution < -0.4 is 9.54 Å². The number of alkyl halides is 3. The molecule has 0 bridgehead atoms. The van der Waals surface area contributed by atoms with Crippen molar-refractivity contribution < 1.29 is 32.2 Å². The van der Waals surface area contributed by atoms with Gasteiger partial charge >= 0.3 is 6.18 Å². The Morgan fingerprint density at radius 3 is 2.53 bits per heavy atom. The number of carbonyl (C=O) groups excluding carboxylic acids is 1. The summed E-state index contributed by atoms with van der Waals surface area (Å²) in [7, 11) is 1.57. The fraction of sp³-hybridized carbons (Fsp3) is 0.615. The predicted molar refractivity (Wildman–Crippen MR) is 133 cm³/mol. The molecule has 36 heavy (non-hydrogen) atoms. The zero-order chi connectivity index (χ0) is 26.7. The number of hydrogen-bond acceptors (Lipinski definition) is 5. The van der Waals surface area contributed by atoms with Crippen LogP contribution in [0, 0.1) is 0 Å². The molecule has 1 aromatic heterocycles. The van der Waals surface area contributed by atoms with Gasteiger partial charge in [0.15, 0.2) is 4.80 Å². The highest BCUT2D eigenvalue weighted by molar-refractivity contribution is 7.09. The number of amides is 1. The smallest absolute Gasteiger partial charge is 0.416 e. The summed E-state index contributed by atoms with van der Waals surface area (Å²) in [5.74, 6) is -0.729. The number of ether oxygens (including phenoxy) is 3. The van der Waals surface area contributed by atoms with Gasteiger partial charge in [-0.3, -0.25) is 4.79 Å². The van der Waals surface area contributed by atoms with E-state index >= 15 is 0 Å². The Morgan fingerprint density at radius 1 is 1.22 bits per heavy atom. The molecule has 3 rings (SSSR count). The highest BCUT2D eigenvalue weighted by Crippen LogP contribution is 2.33. The van der Waals surface area contributed by atoms with Crippen LogP contribution in [0.15, 0.2) is 29.4 Å². The first-order chi connectivity index (χ1) is 16.7. The third kappa shape index (κ3) is 7.43. The van der Waals surface area contributed by atoms with Crippen LogP contribution in [0.2, 0.25) is 0 Å². The van der Waals surface area contributed by atoms with Crippen LogP contribution in [0.4, 0.5) is 13.2 Å². The molecule has 0 spiro atoms. The van der Waals surface area contributed by atoms with Gasteiger partial charge in [-0.1, -0.05) is 20.8 Å². The highest BCUT2D eigenvalue weighted by atomic mass is 32.1. The van der Waals surface area contributed by atoms with E-state index in [-0.39, 0.29) is 29.4 Å². The van der Waals surface area contributed by atoms with Crippen LogP contribution in [0.3, 0.4) is 0 Å². The SMILES string of the molecule is COC(C)(C)CCOc1ccc(C(F)(F)F)cc1C(=O)/N=c1\sc(C(C)(C)C)cn1C[C@H]1CCCO1. The van der Waals surface area contributed by atoms with Gasteiger partial charge in [0.25, 0.3) is 5.91 Å². The standard InChI is InChI=1S/C26H35F3N2O4S/c1-24(2,3)21-16-31(15-18-8-7-12-34-18)23(36-21)30-22(32)19-14-17(26(27,28)29)9-10-20(19)35-13-11-25(4,5)33-6/h9-10,14,16,18H,7-8,11-13,15H2,1-6H3/b30-23-/t18-/m1/s1. The number of nitrogens with zero attached hydrogens (tertiary/aromatic N) is 2. The van der Waals surface area contributed by atoms with E-state index in [9.17, 15) is 18.0 Å². The lowest BCUT2D eigenvalue weighted by Gasteiger charge is -2.23. The fourth-order valence-electron chi connectivity index (χ4n) is 3.61. The quantitative estimate of drug-likeness (QED) is 0.423. The molecule has 0 aliphatic carbocycles. The lowest BCUT2D eigenvalue weighted by molar-refractivity contribution is -0.137. The van der Waals surface area contributed by atoms with E-state index in [0.29, 0.717) is 24.4 Å². The van der Waals surface area contributed by atoms with Gasteiger partial charge < -0.3 is 18.8 Å². The molecule has 1 atom stereocenters. The first-order valence-electron chi connectivity index (χ1n) is 12.0. The van der Waals surface area contributed by atoms with Crippen molar-refractivity contribution in [2.75, 3.05) is 20.3 Å². The maximum Gasteiger partial charge on any atom is 0.416 e. The second-order valence-electron chi connectivity index (χ2n) is 10.6. The van der Waals surface area contributed by atoms with Crippen LogP contribution >= 0.6 is 11.3 Å². The number of benzene rings is 1. The molecule has 200 valence electrons. The molecule has 1 aromatic carbocycles. The average molecular weight is 529 g/mol. The number of carbonyl (C=O) groups is 1. The number of rotatable bonds is 8. The second-order valence-corrected chi connectivity index (χ2v) is 11.6. The van der Waals surface area contributed by atoms with Gasteiger partial charge in [0.1, 0.15) is 5.75 Å². The van der Waals surface area contributed by atoms with Crippen molar-refractivity contribution in [3.05, 3.63) is 45.2 Å². The Labute approximate surface area is 214 Å². The average Bonchev–Trinajstić information content (AvgIpc) is 3.43. The molecule has 1 amide bonds. The van der Waals surface area contributed by atoms with Crippen molar-refractivity contribution in [1.29, 1.82) is 0 Å². The van der Waals surface area contributed by atoms with Crippen LogP contribution in [-0.2, 0) is 27.6 Å². The summed E-state index contributed by atoms with van der Waals surface area (Å²) >= 11 is 1.35. The van der Waals surface area contributed by atoms with Crippen molar-refractivity contribution in [2.45, 2.75) is 83.7 Å². The predicted octanol–water partition coefficient (Wildman–Crippen LogP) is 5.98. The van der Waals surface area contributed by atoms with E-state index in [0.717, 1.165) is 29.9 Å². The minimum atomic E-state index is -4.60. The molecule has 0 saturated carbocycles. The van der Waals surface area contributed by atoms with E-state index in [2.05, 4.69) is 25.8 Å². The van der Waals surface area contributed by atoms with E-state index in [1.165, 1.54) is 17.4 Å². The lowest BCUT2D eigenvalue weighted by atomic mass is 9.95. The van der Waals surface area contributed by atoms with Gasteiger partial charge in [0.05, 0.1) is 36.0 Å². The van der Waals surface area contributed by atoms with E-state index in [1.807, 2.05) is 24.6 Å². The summed E-state index contributed by atoms with van der Waals surface area (Å²) < 4.78 is 59.1. The monoisotopic (exact) mass is 528 g/mol. The molecule has 1 saturated heterocycles. The minimum absolute atomic E-state index is 0.0121. The summed E-state index contributed by atoms with van der Waals surface area (Å²) in [4.78, 5) is 19.0. The number of aromatic nitrogens is 1. The van der Waals surface area contributed by atoms with Gasteiger partial charge in [-0.15, -0.1) is 11.3 Å². The Morgan fingerprint density at radius 2 is 1.94 bits per heavy atom. The van der Waals surface area contributed by atoms with E-state index in [1.54, 1.807) is 7.11 Å². The Kier molecular flexibility index (Phi) is 8.73. The Hall–Kier alpha value is -2.17. The van der Waals surface area contributed by atoms with Gasteiger partial charge in [-0.05, 0) is 50.3 Å². The molecule has 0 N–H and O–H groups in total. The summed E-state index contributed by atoms with van der Waals surface area (Å²) in [5.41, 5.74) is -1.82. The third-order valence-corrected chi connectivity index (χ3v) is 7.58. The molecule has 0 radical (unpaired) electrons. The molecule has 2 aromatic rings. The third-order valence-electron chi connectivity index (χ3n) is 6.13. The largest absolute Gasteiger partial charge is 0.493 e. The van der Waals surface area contributed by atoms with Crippen LogP contribution in [0.5, 0.6) is 5.75 Å². The molecule has 2 heterocycles. The second kappa shape index (κ2) is 11.1. The van der Waals surface area contributed by atoms with Crippen molar-refractivity contribution in [3.63, 3.8) is 0 Å². The molecular weight excluding hydrogens is 493 g/mol. The molecule has 1 aliphatic rings. The molecule has 1 aliphatic heterocycles. The topological polar surface area (TPSA) is 62.0 Å². The number of hydrogen-bond donors (Lipinski definition) is 0. The van der Waals surface area contributed by atoms with Crippen LogP contribution in [0.1, 0.15) is 74.7 Å². The van der Waals surface area contributed by atoms with E-state index in [4.69, 9.17) is 14.2 Å². The fourth-order valence-corrected chi connectivity index (χ4v) is 4.66. The van der Waals surface area contributed by atoms with Crippen LogP contribution in [-0.4, -0.2) is 42.5 Å². The van der Waals surface area contributed by atoms with Crippen molar-refractivity contribution in [1.82, 2.24) is 4.57 Å². The van der Waals surface area contributed by atoms with Crippen molar-refractivity contribution in [2.24, 2.45) is 4.99 Å². The number of methoxy groups -OCH3 is 1. The minimum Gasteiger partial charge on any atom is -0.493 e. The molecule has 10 heteroatoms. The molecule has 0 unspecified atom stereocenters. The summed E-state index contributed by atoms with van der Waals surface area (Å²) in [5, 5.41) is 0. The molecular formula is C26H35F3N2O4S. The Bertz CT molecular complexity index is 1120. The van der Waals surface area contributed by atoms with Crippen molar-refractivity contribution in [3.8, 4) is 5.75 Å². The first-order valence-corrected chi connectivity index (χ1v) is 12.8. The lowest BCUT2D eigenvalue weighted by Crippen LogP contribution is -2.25. The normalized spacial score (nSPS) is 17.6. The van der Waals surface area contributed by atoms with Gasteiger partial charge in [-0.2, -0.15) is 18.2 Å². The molecule has 1 fully saturated rings. The summed E-state index contributed by atoms with van der Waals surface area (Å²) in [6.45, 7) is 11.3. The van der Waals surface area contributed by atoms with Gasteiger partial charge in [-0.25, -0.2) is 0 Å². The van der Waals surface area contributed by atoms with Crippen molar-refractivity contribution >= 4 is 17.2 Å². The summed E-state index contributed by atoms with van der Waals surface area (Å²) in [6.07, 6.45) is -0.278. The molecule has 6 nitrogen and oxygen atoms in total. The van der Waals surface area contributed by atoms with Gasteiger partial charge in [0.2, 0.25) is 0 Å². The maximum atomic E-state index is 13.5. The highest BCUT2D eigenvalue weighted by Gasteiger charge is 2.32. The number of thiazole rings is 1. The zero-order valence-electron chi connectivity index (χ0n) is 21.7. The van der Waals surface area contributed by atoms with Crippen LogP contribution in [0.25, 0.3) is 0 Å².